The minimum absolute atomic E-state index is 0. The minimum atomic E-state index is -0.234. The standard InChI is InChI=1S/C16H24N2O.ClH/c1-2-16(13-14-7-4-3-5-8-14)15(17)9-6-10-18(16)11-12-19;/h2-5,7-8,15,19H,1,6,9-13,17H2;1H. The van der Waals surface area contributed by atoms with E-state index in [4.69, 9.17) is 5.73 Å². The predicted octanol–water partition coefficient (Wildman–Crippen LogP) is 1.99. The Labute approximate surface area is 127 Å². The molecule has 1 heterocycles. The van der Waals surface area contributed by atoms with Crippen LogP contribution in [0.3, 0.4) is 0 Å². The quantitative estimate of drug-likeness (QED) is 0.817. The Bertz CT molecular complexity index is 410. The van der Waals surface area contributed by atoms with Crippen molar-refractivity contribution in [2.24, 2.45) is 5.73 Å². The SMILES string of the molecule is C=CC1(Cc2ccccc2)C(N)CCCN1CCO.Cl. The first-order valence-electron chi connectivity index (χ1n) is 7.02. The Hall–Kier alpha value is -0.870. The zero-order valence-corrected chi connectivity index (χ0v) is 12.7. The molecule has 2 unspecified atom stereocenters. The number of hydrogen-bond donors (Lipinski definition) is 2. The number of aliphatic hydroxyl groups excluding tert-OH is 1. The van der Waals surface area contributed by atoms with Gasteiger partial charge in [-0.15, -0.1) is 19.0 Å². The number of benzene rings is 1. The van der Waals surface area contributed by atoms with Crippen molar-refractivity contribution >= 4 is 12.4 Å². The second kappa shape index (κ2) is 7.79. The molecule has 2 atom stereocenters. The van der Waals surface area contributed by atoms with Gasteiger partial charge in [0.15, 0.2) is 0 Å². The summed E-state index contributed by atoms with van der Waals surface area (Å²) in [6, 6.07) is 10.5. The number of halogens is 1. The van der Waals surface area contributed by atoms with Gasteiger partial charge in [-0.3, -0.25) is 4.90 Å². The van der Waals surface area contributed by atoms with Crippen LogP contribution in [0.15, 0.2) is 43.0 Å². The summed E-state index contributed by atoms with van der Waals surface area (Å²) in [6.07, 6.45) is 4.95. The van der Waals surface area contributed by atoms with Gasteiger partial charge in [-0.05, 0) is 31.4 Å². The second-order valence-corrected chi connectivity index (χ2v) is 5.32. The van der Waals surface area contributed by atoms with Gasteiger partial charge in [-0.1, -0.05) is 36.4 Å². The number of likely N-dealkylation sites (tertiary alicyclic amines) is 1. The number of β-amino-alcohol motifs (C(OH)–C–C–N with tert-alkyl or cyclic N) is 1. The topological polar surface area (TPSA) is 49.5 Å². The van der Waals surface area contributed by atoms with Gasteiger partial charge in [-0.2, -0.15) is 0 Å². The van der Waals surface area contributed by atoms with E-state index in [1.807, 2.05) is 12.1 Å². The first kappa shape index (κ1) is 17.2. The Kier molecular flexibility index (Phi) is 6.69. The molecule has 0 spiro atoms. The largest absolute Gasteiger partial charge is 0.395 e. The molecular weight excluding hydrogens is 272 g/mol. The van der Waals surface area contributed by atoms with Gasteiger partial charge in [0.25, 0.3) is 0 Å². The van der Waals surface area contributed by atoms with Crippen molar-refractivity contribution in [3.8, 4) is 0 Å². The molecule has 1 aliphatic rings. The first-order valence-corrected chi connectivity index (χ1v) is 7.02. The van der Waals surface area contributed by atoms with Crippen LogP contribution in [0.1, 0.15) is 18.4 Å². The molecule has 1 fully saturated rings. The number of nitrogens with zero attached hydrogens (tertiary/aromatic N) is 1. The van der Waals surface area contributed by atoms with Crippen molar-refractivity contribution in [3.63, 3.8) is 0 Å². The lowest BCUT2D eigenvalue weighted by molar-refractivity contribution is 0.0498. The second-order valence-electron chi connectivity index (χ2n) is 5.32. The highest BCUT2D eigenvalue weighted by Gasteiger charge is 2.41. The molecule has 4 heteroatoms. The molecule has 3 N–H and O–H groups in total. The van der Waals surface area contributed by atoms with E-state index in [0.717, 1.165) is 25.8 Å². The average molecular weight is 297 g/mol. The van der Waals surface area contributed by atoms with Crippen LogP contribution in [-0.2, 0) is 6.42 Å². The van der Waals surface area contributed by atoms with Crippen LogP contribution < -0.4 is 5.73 Å². The minimum Gasteiger partial charge on any atom is -0.395 e. The predicted molar refractivity (Wildman–Crippen MR) is 86.2 cm³/mol. The van der Waals surface area contributed by atoms with E-state index < -0.39 is 0 Å². The summed E-state index contributed by atoms with van der Waals surface area (Å²) in [5, 5.41) is 9.28. The van der Waals surface area contributed by atoms with E-state index >= 15 is 0 Å². The fourth-order valence-electron chi connectivity index (χ4n) is 3.15. The van der Waals surface area contributed by atoms with Crippen molar-refractivity contribution in [1.29, 1.82) is 0 Å². The van der Waals surface area contributed by atoms with Crippen LogP contribution in [0.5, 0.6) is 0 Å². The molecule has 0 aromatic heterocycles. The molecule has 112 valence electrons. The van der Waals surface area contributed by atoms with Crippen LogP contribution in [0.4, 0.5) is 0 Å². The lowest BCUT2D eigenvalue weighted by Gasteiger charge is -2.49. The van der Waals surface area contributed by atoms with E-state index in [0.29, 0.717) is 6.54 Å². The zero-order chi connectivity index (χ0) is 13.7. The summed E-state index contributed by atoms with van der Waals surface area (Å²) in [5.74, 6) is 0. The van der Waals surface area contributed by atoms with Crippen LogP contribution >= 0.6 is 12.4 Å². The Morgan fingerprint density at radius 1 is 1.40 bits per heavy atom. The highest BCUT2D eigenvalue weighted by Crippen LogP contribution is 2.31. The Morgan fingerprint density at radius 3 is 2.70 bits per heavy atom. The molecule has 1 saturated heterocycles. The lowest BCUT2D eigenvalue weighted by atomic mass is 9.77. The normalized spacial score (nSPS) is 26.8. The number of rotatable bonds is 5. The summed E-state index contributed by atoms with van der Waals surface area (Å²) < 4.78 is 0. The third-order valence-electron chi connectivity index (χ3n) is 4.23. The molecule has 1 aromatic rings. The fraction of sp³-hybridized carbons (Fsp3) is 0.500. The molecule has 2 rings (SSSR count). The van der Waals surface area contributed by atoms with Crippen LogP contribution in [0, 0.1) is 0 Å². The summed E-state index contributed by atoms with van der Waals surface area (Å²) >= 11 is 0. The zero-order valence-electron chi connectivity index (χ0n) is 11.9. The highest BCUT2D eigenvalue weighted by atomic mass is 35.5. The Balaban J connectivity index is 0.00000200. The van der Waals surface area contributed by atoms with Crippen LogP contribution in [0.25, 0.3) is 0 Å². The fourth-order valence-corrected chi connectivity index (χ4v) is 3.15. The monoisotopic (exact) mass is 296 g/mol. The van der Waals surface area contributed by atoms with Crippen molar-refractivity contribution in [2.75, 3.05) is 19.7 Å². The maximum Gasteiger partial charge on any atom is 0.0581 e. The van der Waals surface area contributed by atoms with Crippen molar-refractivity contribution in [2.45, 2.75) is 30.8 Å². The number of hydrogen-bond acceptors (Lipinski definition) is 3. The van der Waals surface area contributed by atoms with Crippen LogP contribution in [0.2, 0.25) is 0 Å². The summed E-state index contributed by atoms with van der Waals surface area (Å²) in [5.41, 5.74) is 7.43. The molecule has 1 aliphatic heterocycles. The van der Waals surface area contributed by atoms with Gasteiger partial charge in [0, 0.05) is 12.6 Å². The molecule has 20 heavy (non-hydrogen) atoms. The molecule has 0 amide bonds. The summed E-state index contributed by atoms with van der Waals surface area (Å²) in [7, 11) is 0. The number of aliphatic hydroxyl groups is 1. The maximum absolute atomic E-state index is 9.28. The van der Waals surface area contributed by atoms with Gasteiger partial charge in [0.2, 0.25) is 0 Å². The third kappa shape index (κ3) is 3.41. The summed E-state index contributed by atoms with van der Waals surface area (Å²) in [6.45, 7) is 5.83. The molecule has 0 aliphatic carbocycles. The van der Waals surface area contributed by atoms with E-state index in [-0.39, 0.29) is 30.6 Å². The van der Waals surface area contributed by atoms with Crippen molar-refractivity contribution in [3.05, 3.63) is 48.6 Å². The highest BCUT2D eigenvalue weighted by molar-refractivity contribution is 5.85. The van der Waals surface area contributed by atoms with E-state index in [1.165, 1.54) is 5.56 Å². The average Bonchev–Trinajstić information content (AvgIpc) is 2.44. The Morgan fingerprint density at radius 2 is 2.10 bits per heavy atom. The first-order chi connectivity index (χ1) is 9.23. The molecule has 3 nitrogen and oxygen atoms in total. The smallest absolute Gasteiger partial charge is 0.0581 e. The van der Waals surface area contributed by atoms with E-state index in [9.17, 15) is 5.11 Å². The van der Waals surface area contributed by atoms with Crippen molar-refractivity contribution < 1.29 is 5.11 Å². The maximum atomic E-state index is 9.28. The molecular formula is C16H25ClN2O. The molecule has 1 aromatic carbocycles. The summed E-state index contributed by atoms with van der Waals surface area (Å²) in [4.78, 5) is 2.29. The van der Waals surface area contributed by atoms with Crippen LogP contribution in [-0.4, -0.2) is 41.3 Å². The van der Waals surface area contributed by atoms with E-state index in [2.05, 4.69) is 35.7 Å². The lowest BCUT2D eigenvalue weighted by Crippen LogP contribution is -2.63. The van der Waals surface area contributed by atoms with Gasteiger partial charge < -0.3 is 10.8 Å². The number of piperidine rings is 1. The van der Waals surface area contributed by atoms with Gasteiger partial charge >= 0.3 is 0 Å². The van der Waals surface area contributed by atoms with E-state index in [1.54, 1.807) is 0 Å². The van der Waals surface area contributed by atoms with Gasteiger partial charge in [-0.25, -0.2) is 0 Å². The van der Waals surface area contributed by atoms with Crippen molar-refractivity contribution in [1.82, 2.24) is 4.90 Å². The number of nitrogens with two attached hydrogens (primary N) is 1. The third-order valence-corrected chi connectivity index (χ3v) is 4.23. The van der Waals surface area contributed by atoms with Gasteiger partial charge in [0.1, 0.15) is 0 Å². The van der Waals surface area contributed by atoms with Gasteiger partial charge in [0.05, 0.1) is 12.1 Å². The molecule has 0 bridgehead atoms. The molecule has 0 saturated carbocycles. The molecule has 0 radical (unpaired) electrons.